The number of nitrogens with zero attached hydrogens (tertiary/aromatic N) is 2. The van der Waals surface area contributed by atoms with Crippen LogP contribution in [0.15, 0.2) is 48.8 Å². The Morgan fingerprint density at radius 3 is 2.62 bits per heavy atom. The van der Waals surface area contributed by atoms with Crippen molar-refractivity contribution in [3.8, 4) is 5.75 Å². The number of pyridine rings is 1. The molecule has 2 aliphatic heterocycles. The van der Waals surface area contributed by atoms with Gasteiger partial charge < -0.3 is 20.1 Å². The molecule has 3 atom stereocenters. The maximum absolute atomic E-state index is 12.9. The molecule has 6 nitrogen and oxygen atoms in total. The van der Waals surface area contributed by atoms with Gasteiger partial charge in [-0.15, -0.1) is 0 Å². The van der Waals surface area contributed by atoms with Crippen LogP contribution in [-0.2, 0) is 5.60 Å². The third-order valence-electron chi connectivity index (χ3n) is 5.55. The molecule has 1 aromatic carbocycles. The van der Waals surface area contributed by atoms with Gasteiger partial charge in [-0.2, -0.15) is 0 Å². The number of carbonyl (C=O) groups excluding carboxylic acids is 1. The highest BCUT2D eigenvalue weighted by molar-refractivity contribution is 5.91. The molecule has 2 bridgehead atoms. The van der Waals surface area contributed by atoms with Crippen molar-refractivity contribution in [2.45, 2.75) is 43.4 Å². The van der Waals surface area contributed by atoms with E-state index in [0.29, 0.717) is 24.3 Å². The Morgan fingerprint density at radius 1 is 1.23 bits per heavy atom. The minimum absolute atomic E-state index is 0.0219. The van der Waals surface area contributed by atoms with Crippen LogP contribution < -0.4 is 10.1 Å². The second-order valence-corrected chi connectivity index (χ2v) is 7.10. The number of aliphatic hydroxyl groups is 1. The summed E-state index contributed by atoms with van der Waals surface area (Å²) in [6.07, 6.45) is 6.32. The number of hydrogen-bond donors (Lipinski definition) is 2. The van der Waals surface area contributed by atoms with Gasteiger partial charge in [0, 0.05) is 42.9 Å². The number of methoxy groups -OCH3 is 1. The first-order valence-electron chi connectivity index (χ1n) is 8.96. The van der Waals surface area contributed by atoms with Crippen LogP contribution in [0.1, 0.15) is 31.2 Å². The van der Waals surface area contributed by atoms with Crippen LogP contribution in [0.3, 0.4) is 0 Å². The van der Waals surface area contributed by atoms with Gasteiger partial charge in [0.25, 0.3) is 0 Å². The van der Waals surface area contributed by atoms with Crippen molar-refractivity contribution in [2.24, 2.45) is 0 Å². The molecule has 1 aromatic heterocycles. The normalized spacial score (nSPS) is 27.2. The highest BCUT2D eigenvalue weighted by Crippen LogP contribution is 2.45. The molecule has 3 heterocycles. The second-order valence-electron chi connectivity index (χ2n) is 7.10. The van der Waals surface area contributed by atoms with Crippen LogP contribution in [0, 0.1) is 0 Å². The lowest BCUT2D eigenvalue weighted by Crippen LogP contribution is -2.53. The van der Waals surface area contributed by atoms with E-state index < -0.39 is 5.60 Å². The Labute approximate surface area is 152 Å². The van der Waals surface area contributed by atoms with Crippen molar-refractivity contribution in [1.82, 2.24) is 9.88 Å². The maximum atomic E-state index is 12.9. The molecule has 0 saturated carbocycles. The first-order valence-corrected chi connectivity index (χ1v) is 8.96. The third-order valence-corrected chi connectivity index (χ3v) is 5.55. The number of fused-ring (bicyclic) bond motifs is 2. The fourth-order valence-corrected chi connectivity index (χ4v) is 4.36. The van der Waals surface area contributed by atoms with Gasteiger partial charge in [0.1, 0.15) is 5.75 Å². The summed E-state index contributed by atoms with van der Waals surface area (Å²) in [6, 6.07) is 11.1. The fourth-order valence-electron chi connectivity index (χ4n) is 4.36. The molecule has 0 radical (unpaired) electrons. The monoisotopic (exact) mass is 353 g/mol. The molecule has 2 aromatic rings. The number of para-hydroxylation sites is 2. The summed E-state index contributed by atoms with van der Waals surface area (Å²) in [7, 11) is 1.59. The number of carbonyl (C=O) groups is 1. The molecule has 1 unspecified atom stereocenters. The quantitative estimate of drug-likeness (QED) is 0.889. The van der Waals surface area contributed by atoms with Gasteiger partial charge in [0.05, 0.1) is 18.4 Å². The van der Waals surface area contributed by atoms with Crippen LogP contribution in [-0.4, -0.2) is 40.2 Å². The fraction of sp³-hybridized carbons (Fsp3) is 0.400. The molecule has 4 rings (SSSR count). The Hall–Kier alpha value is -2.60. The Morgan fingerprint density at radius 2 is 1.96 bits per heavy atom. The van der Waals surface area contributed by atoms with Gasteiger partial charge in [0.15, 0.2) is 0 Å². The molecule has 0 spiro atoms. The standard InChI is InChI=1S/C20H23N3O3/c1-26-18-7-3-2-6-17(18)22-19(24)23-15-8-9-16(23)12-20(25,11-15)14-5-4-10-21-13-14/h2-7,10,13,15-16,25H,8-9,11-12H2,1H3,(H,22,24)/t15-,16+,20?. The summed E-state index contributed by atoms with van der Waals surface area (Å²) in [5.74, 6) is 0.636. The van der Waals surface area contributed by atoms with E-state index in [1.54, 1.807) is 19.5 Å². The lowest BCUT2D eigenvalue weighted by atomic mass is 9.81. The molecule has 136 valence electrons. The Balaban J connectivity index is 1.52. The van der Waals surface area contributed by atoms with Crippen molar-refractivity contribution in [3.05, 3.63) is 54.4 Å². The maximum Gasteiger partial charge on any atom is 0.322 e. The van der Waals surface area contributed by atoms with E-state index in [4.69, 9.17) is 4.74 Å². The molecule has 2 saturated heterocycles. The lowest BCUT2D eigenvalue weighted by Gasteiger charge is -2.43. The largest absolute Gasteiger partial charge is 0.495 e. The van der Waals surface area contributed by atoms with Crippen LogP contribution in [0.2, 0.25) is 0 Å². The van der Waals surface area contributed by atoms with E-state index in [2.05, 4.69) is 10.3 Å². The van der Waals surface area contributed by atoms with E-state index in [1.165, 1.54) is 0 Å². The van der Waals surface area contributed by atoms with Gasteiger partial charge in [0.2, 0.25) is 0 Å². The molecule has 0 aliphatic carbocycles. The van der Waals surface area contributed by atoms with E-state index in [9.17, 15) is 9.90 Å². The molecular weight excluding hydrogens is 330 g/mol. The Kier molecular flexibility index (Phi) is 4.28. The summed E-state index contributed by atoms with van der Waals surface area (Å²) in [5.41, 5.74) is 0.579. The zero-order valence-electron chi connectivity index (χ0n) is 14.8. The van der Waals surface area contributed by atoms with Crippen molar-refractivity contribution in [3.63, 3.8) is 0 Å². The van der Waals surface area contributed by atoms with Gasteiger partial charge in [-0.1, -0.05) is 18.2 Å². The third kappa shape index (κ3) is 2.90. The lowest BCUT2D eigenvalue weighted by molar-refractivity contribution is -0.0424. The highest BCUT2D eigenvalue weighted by Gasteiger charge is 2.50. The molecule has 2 N–H and O–H groups in total. The zero-order valence-corrected chi connectivity index (χ0v) is 14.8. The first kappa shape index (κ1) is 16.8. The molecule has 2 amide bonds. The smallest absolute Gasteiger partial charge is 0.322 e. The van der Waals surface area contributed by atoms with Crippen molar-refractivity contribution >= 4 is 11.7 Å². The number of rotatable bonds is 3. The topological polar surface area (TPSA) is 74.7 Å². The van der Waals surface area contributed by atoms with Gasteiger partial charge in [-0.25, -0.2) is 4.79 Å². The van der Waals surface area contributed by atoms with Gasteiger partial charge >= 0.3 is 6.03 Å². The van der Waals surface area contributed by atoms with E-state index in [0.717, 1.165) is 18.4 Å². The Bertz CT molecular complexity index is 782. The van der Waals surface area contributed by atoms with Gasteiger partial charge in [-0.3, -0.25) is 4.98 Å². The molecular formula is C20H23N3O3. The van der Waals surface area contributed by atoms with Gasteiger partial charge in [-0.05, 0) is 31.0 Å². The SMILES string of the molecule is COc1ccccc1NC(=O)N1[C@@H]2CC[C@H]1CC(O)(c1cccnc1)C2. The average Bonchev–Trinajstić information content (AvgIpc) is 2.95. The summed E-state index contributed by atoms with van der Waals surface area (Å²) in [6.45, 7) is 0. The van der Waals surface area contributed by atoms with Crippen LogP contribution >= 0.6 is 0 Å². The summed E-state index contributed by atoms with van der Waals surface area (Å²) >= 11 is 0. The highest BCUT2D eigenvalue weighted by atomic mass is 16.5. The molecule has 2 fully saturated rings. The van der Waals surface area contributed by atoms with Crippen molar-refractivity contribution < 1.29 is 14.6 Å². The molecule has 6 heteroatoms. The number of hydrogen-bond acceptors (Lipinski definition) is 4. The number of anilines is 1. The minimum atomic E-state index is -0.915. The van der Waals surface area contributed by atoms with Crippen LogP contribution in [0.4, 0.5) is 10.5 Å². The van der Waals surface area contributed by atoms with E-state index >= 15 is 0 Å². The number of urea groups is 1. The van der Waals surface area contributed by atoms with Crippen LogP contribution in [0.5, 0.6) is 5.75 Å². The number of amides is 2. The number of ether oxygens (including phenoxy) is 1. The predicted octanol–water partition coefficient (Wildman–Crippen LogP) is 3.14. The summed E-state index contributed by atoms with van der Waals surface area (Å²) < 4.78 is 5.31. The number of piperidine rings is 1. The second kappa shape index (κ2) is 6.61. The van der Waals surface area contributed by atoms with Crippen LogP contribution in [0.25, 0.3) is 0 Å². The zero-order chi connectivity index (χ0) is 18.1. The minimum Gasteiger partial charge on any atom is -0.495 e. The summed E-state index contributed by atoms with van der Waals surface area (Å²) in [5, 5.41) is 14.1. The number of aromatic nitrogens is 1. The molecule has 2 aliphatic rings. The van der Waals surface area contributed by atoms with Crippen molar-refractivity contribution in [2.75, 3.05) is 12.4 Å². The predicted molar refractivity (Wildman–Crippen MR) is 98.0 cm³/mol. The summed E-state index contributed by atoms with van der Waals surface area (Å²) in [4.78, 5) is 18.9. The van der Waals surface area contributed by atoms with Crippen molar-refractivity contribution in [1.29, 1.82) is 0 Å². The molecule has 26 heavy (non-hydrogen) atoms. The average molecular weight is 353 g/mol. The number of benzene rings is 1. The van der Waals surface area contributed by atoms with E-state index in [1.807, 2.05) is 41.3 Å². The van der Waals surface area contributed by atoms with E-state index in [-0.39, 0.29) is 18.1 Å². The first-order chi connectivity index (χ1) is 12.6. The number of nitrogens with one attached hydrogen (secondary N) is 1.